The Morgan fingerprint density at radius 2 is 2.05 bits per heavy atom. The molecule has 2 aromatic rings. The quantitative estimate of drug-likeness (QED) is 0.381. The Hall–Kier alpha value is -1.94. The molecule has 0 atom stereocenters. The first-order valence-corrected chi connectivity index (χ1v) is 7.26. The molecule has 0 saturated heterocycles. The number of rotatable bonds is 2. The van der Waals surface area contributed by atoms with E-state index in [1.807, 2.05) is 18.2 Å². The lowest BCUT2D eigenvalue weighted by molar-refractivity contribution is 0.442. The summed E-state index contributed by atoms with van der Waals surface area (Å²) < 4.78 is 0. The fourth-order valence-electron chi connectivity index (χ4n) is 2.81. The molecule has 1 heterocycles. The minimum absolute atomic E-state index is 0.402. The van der Waals surface area contributed by atoms with Gasteiger partial charge in [0.25, 0.3) is 0 Å². The number of nitrogens with two attached hydrogens (primary N) is 1. The van der Waals surface area contributed by atoms with Crippen LogP contribution in [-0.2, 0) is 0 Å². The highest BCUT2D eigenvalue weighted by atomic mass is 15.3. The Kier molecular flexibility index (Phi) is 3.92. The summed E-state index contributed by atoms with van der Waals surface area (Å²) >= 11 is 0. The molecule has 0 unspecified atom stereocenters. The van der Waals surface area contributed by atoms with Crippen molar-refractivity contribution in [3.8, 4) is 0 Å². The van der Waals surface area contributed by atoms with Crippen LogP contribution in [0.4, 0.5) is 0 Å². The number of aliphatic imine (C=N–C) groups is 1. The minimum Gasteiger partial charge on any atom is -0.308 e. The van der Waals surface area contributed by atoms with Crippen LogP contribution in [0.25, 0.3) is 10.9 Å². The predicted octanol–water partition coefficient (Wildman–Crippen LogP) is 2.78. The number of amidine groups is 1. The molecule has 0 aliphatic heterocycles. The third-order valence-corrected chi connectivity index (χ3v) is 3.90. The summed E-state index contributed by atoms with van der Waals surface area (Å²) in [5.74, 6) is 6.45. The molecule has 1 aromatic carbocycles. The van der Waals surface area contributed by atoms with E-state index in [0.717, 1.165) is 22.3 Å². The molecule has 4 nitrogen and oxygen atoms in total. The van der Waals surface area contributed by atoms with Gasteiger partial charge in [-0.15, -0.1) is 0 Å². The van der Waals surface area contributed by atoms with E-state index >= 15 is 0 Å². The van der Waals surface area contributed by atoms with Crippen molar-refractivity contribution in [1.82, 2.24) is 10.4 Å². The standard InChI is InChI=1S/C16H20N4/c17-20-16(19-14-6-2-1-3-7-14)13-8-9-15-12(11-13)5-4-10-18-15/h4-5,8-11,14H,1-3,6-7,17H2,(H,19,20). The highest BCUT2D eigenvalue weighted by Crippen LogP contribution is 2.21. The lowest BCUT2D eigenvalue weighted by Crippen LogP contribution is -2.32. The first kappa shape index (κ1) is 13.1. The Labute approximate surface area is 119 Å². The average Bonchev–Trinajstić information content (AvgIpc) is 2.53. The third kappa shape index (κ3) is 2.80. The number of pyridine rings is 1. The van der Waals surface area contributed by atoms with Crippen molar-refractivity contribution in [2.75, 3.05) is 0 Å². The third-order valence-electron chi connectivity index (χ3n) is 3.90. The zero-order valence-electron chi connectivity index (χ0n) is 11.5. The van der Waals surface area contributed by atoms with Gasteiger partial charge < -0.3 is 5.43 Å². The van der Waals surface area contributed by atoms with E-state index < -0.39 is 0 Å². The van der Waals surface area contributed by atoms with Crippen molar-refractivity contribution in [2.24, 2.45) is 10.8 Å². The zero-order chi connectivity index (χ0) is 13.8. The number of fused-ring (bicyclic) bond motifs is 1. The Balaban J connectivity index is 1.91. The molecule has 3 N–H and O–H groups in total. The Morgan fingerprint density at radius 1 is 1.20 bits per heavy atom. The molecule has 0 bridgehead atoms. The maximum absolute atomic E-state index is 5.67. The molecule has 3 rings (SSSR count). The van der Waals surface area contributed by atoms with Gasteiger partial charge in [0.15, 0.2) is 0 Å². The van der Waals surface area contributed by atoms with Gasteiger partial charge in [-0.05, 0) is 37.1 Å². The highest BCUT2D eigenvalue weighted by Gasteiger charge is 2.13. The van der Waals surface area contributed by atoms with Gasteiger partial charge in [-0.3, -0.25) is 9.98 Å². The molecule has 4 heteroatoms. The fraction of sp³-hybridized carbons (Fsp3) is 0.375. The molecule has 1 saturated carbocycles. The number of benzene rings is 1. The number of nitrogens with one attached hydrogen (secondary N) is 1. The van der Waals surface area contributed by atoms with Gasteiger partial charge >= 0.3 is 0 Å². The van der Waals surface area contributed by atoms with Crippen LogP contribution in [0.1, 0.15) is 37.7 Å². The second kappa shape index (κ2) is 6.01. The van der Waals surface area contributed by atoms with Gasteiger partial charge in [-0.1, -0.05) is 25.3 Å². The van der Waals surface area contributed by atoms with Crippen molar-refractivity contribution in [2.45, 2.75) is 38.1 Å². The predicted molar refractivity (Wildman–Crippen MR) is 82.5 cm³/mol. The molecule has 20 heavy (non-hydrogen) atoms. The van der Waals surface area contributed by atoms with Crippen LogP contribution in [0.2, 0.25) is 0 Å². The largest absolute Gasteiger partial charge is 0.308 e. The maximum atomic E-state index is 5.67. The van der Waals surface area contributed by atoms with Gasteiger partial charge in [-0.25, -0.2) is 5.84 Å². The molecule has 0 radical (unpaired) electrons. The number of nitrogens with zero attached hydrogens (tertiary/aromatic N) is 2. The summed E-state index contributed by atoms with van der Waals surface area (Å²) in [5.41, 5.74) is 4.78. The first-order chi connectivity index (χ1) is 9.86. The maximum Gasteiger partial charge on any atom is 0.142 e. The molecule has 1 fully saturated rings. The average molecular weight is 268 g/mol. The van der Waals surface area contributed by atoms with Crippen LogP contribution < -0.4 is 11.3 Å². The van der Waals surface area contributed by atoms with Crippen LogP contribution >= 0.6 is 0 Å². The van der Waals surface area contributed by atoms with E-state index in [-0.39, 0.29) is 0 Å². The second-order valence-corrected chi connectivity index (χ2v) is 5.32. The van der Waals surface area contributed by atoms with E-state index in [4.69, 9.17) is 10.8 Å². The normalized spacial score (nSPS) is 17.4. The topological polar surface area (TPSA) is 63.3 Å². The lowest BCUT2D eigenvalue weighted by atomic mass is 9.96. The Morgan fingerprint density at radius 3 is 2.85 bits per heavy atom. The van der Waals surface area contributed by atoms with Crippen LogP contribution in [0.5, 0.6) is 0 Å². The number of hydrogen-bond donors (Lipinski definition) is 2. The van der Waals surface area contributed by atoms with E-state index in [1.165, 1.54) is 32.1 Å². The van der Waals surface area contributed by atoms with Crippen LogP contribution in [0.15, 0.2) is 41.5 Å². The summed E-state index contributed by atoms with van der Waals surface area (Å²) in [5, 5.41) is 1.11. The zero-order valence-corrected chi connectivity index (χ0v) is 11.5. The fourth-order valence-corrected chi connectivity index (χ4v) is 2.81. The molecular weight excluding hydrogens is 248 g/mol. The molecule has 104 valence electrons. The van der Waals surface area contributed by atoms with E-state index in [2.05, 4.69) is 22.5 Å². The molecule has 0 spiro atoms. The summed E-state index contributed by atoms with van der Waals surface area (Å²) in [6.07, 6.45) is 8.02. The van der Waals surface area contributed by atoms with E-state index in [1.54, 1.807) is 6.20 Å². The van der Waals surface area contributed by atoms with Crippen LogP contribution in [0, 0.1) is 0 Å². The summed E-state index contributed by atoms with van der Waals surface area (Å²) in [6, 6.07) is 10.5. The number of hydrogen-bond acceptors (Lipinski definition) is 3. The smallest absolute Gasteiger partial charge is 0.142 e. The van der Waals surface area contributed by atoms with E-state index in [9.17, 15) is 0 Å². The minimum atomic E-state index is 0.402. The van der Waals surface area contributed by atoms with Crippen molar-refractivity contribution in [3.63, 3.8) is 0 Å². The van der Waals surface area contributed by atoms with Crippen molar-refractivity contribution in [3.05, 3.63) is 42.1 Å². The molecular formula is C16H20N4. The van der Waals surface area contributed by atoms with Crippen molar-refractivity contribution >= 4 is 16.7 Å². The first-order valence-electron chi connectivity index (χ1n) is 7.26. The molecule has 1 aliphatic rings. The monoisotopic (exact) mass is 268 g/mol. The molecule has 1 aliphatic carbocycles. The summed E-state index contributed by atoms with van der Waals surface area (Å²) in [6.45, 7) is 0. The number of hydrazine groups is 1. The number of aromatic nitrogens is 1. The highest BCUT2D eigenvalue weighted by molar-refractivity contribution is 6.01. The molecule has 1 aromatic heterocycles. The Bertz CT molecular complexity index is 615. The second-order valence-electron chi connectivity index (χ2n) is 5.32. The SMILES string of the molecule is NNC(=NC1CCCCC1)c1ccc2ncccc2c1. The van der Waals surface area contributed by atoms with Gasteiger partial charge in [0.1, 0.15) is 5.84 Å². The van der Waals surface area contributed by atoms with E-state index in [0.29, 0.717) is 6.04 Å². The van der Waals surface area contributed by atoms with Crippen LogP contribution in [0.3, 0.4) is 0 Å². The van der Waals surface area contributed by atoms with Gasteiger partial charge in [-0.2, -0.15) is 0 Å². The molecule has 0 amide bonds. The summed E-state index contributed by atoms with van der Waals surface area (Å²) in [7, 11) is 0. The van der Waals surface area contributed by atoms with Gasteiger partial charge in [0.2, 0.25) is 0 Å². The summed E-state index contributed by atoms with van der Waals surface area (Å²) in [4.78, 5) is 9.12. The lowest BCUT2D eigenvalue weighted by Gasteiger charge is -2.19. The van der Waals surface area contributed by atoms with Crippen LogP contribution in [-0.4, -0.2) is 16.9 Å². The van der Waals surface area contributed by atoms with Gasteiger partial charge in [0, 0.05) is 17.1 Å². The van der Waals surface area contributed by atoms with Crippen molar-refractivity contribution in [1.29, 1.82) is 0 Å². The van der Waals surface area contributed by atoms with Gasteiger partial charge in [0.05, 0.1) is 11.6 Å². The van der Waals surface area contributed by atoms with Crippen molar-refractivity contribution < 1.29 is 0 Å².